The molecule has 1 fully saturated rings. The number of hydrogen-bond donors (Lipinski definition) is 1. The van der Waals surface area contributed by atoms with Gasteiger partial charge in [0.05, 0.1) is 24.5 Å². The number of nitrogens with zero attached hydrogens (tertiary/aromatic N) is 1. The molecule has 0 radical (unpaired) electrons. The van der Waals surface area contributed by atoms with E-state index in [-0.39, 0.29) is 29.5 Å². The molecule has 2 unspecified atom stereocenters. The van der Waals surface area contributed by atoms with E-state index in [2.05, 4.69) is 11.6 Å². The Bertz CT molecular complexity index is 841. The fraction of sp³-hybridized carbons (Fsp3) is 0.773. The molecule has 6 nitrogen and oxygen atoms in total. The van der Waals surface area contributed by atoms with E-state index in [9.17, 15) is 13.2 Å². The maximum atomic E-state index is 13.1. The molecule has 29 heavy (non-hydrogen) atoms. The summed E-state index contributed by atoms with van der Waals surface area (Å²) in [7, 11) is -3.36. The van der Waals surface area contributed by atoms with Gasteiger partial charge in [-0.05, 0) is 63.9 Å². The standard InChI is InChI=1S/C22H36N2O4S/c1-4-16-7-12-19(13-8-16)28-15-21-20(23-29(26,27)6-3)14-11-18-10-9-17(5-2)22(25)24(18)21/h9-10,16,19-21,23H,4-8,11-15H2,1-3H3. The topological polar surface area (TPSA) is 77.4 Å². The SMILES string of the molecule is CCc1ccc2n(c1=O)C(COC1CCC(CC)CC1)C(NS(=O)(=O)CC)CC2. The molecule has 3 rings (SSSR count). The summed E-state index contributed by atoms with van der Waals surface area (Å²) in [4.78, 5) is 13.1. The Labute approximate surface area is 175 Å². The highest BCUT2D eigenvalue weighted by Gasteiger charge is 2.34. The minimum atomic E-state index is -3.36. The molecule has 1 aromatic heterocycles. The van der Waals surface area contributed by atoms with Crippen molar-refractivity contribution in [2.75, 3.05) is 12.4 Å². The van der Waals surface area contributed by atoms with E-state index in [0.29, 0.717) is 25.9 Å². The molecule has 1 saturated carbocycles. The summed E-state index contributed by atoms with van der Waals surface area (Å²) in [6, 6.07) is 3.31. The molecule has 2 atom stereocenters. The van der Waals surface area contributed by atoms with Crippen LogP contribution in [0.15, 0.2) is 16.9 Å². The first kappa shape index (κ1) is 22.5. The molecule has 0 amide bonds. The number of sulfonamides is 1. The quantitative estimate of drug-likeness (QED) is 0.695. The van der Waals surface area contributed by atoms with Gasteiger partial charge in [-0.2, -0.15) is 0 Å². The number of aromatic nitrogens is 1. The Morgan fingerprint density at radius 2 is 1.83 bits per heavy atom. The van der Waals surface area contributed by atoms with Crippen LogP contribution in [0.5, 0.6) is 0 Å². The first-order valence-corrected chi connectivity index (χ1v) is 12.9. The molecule has 0 saturated heterocycles. The Kier molecular flexibility index (Phi) is 7.57. The van der Waals surface area contributed by atoms with Crippen LogP contribution in [0, 0.1) is 5.92 Å². The lowest BCUT2D eigenvalue weighted by molar-refractivity contribution is -0.00696. The second-order valence-electron chi connectivity index (χ2n) is 8.50. The lowest BCUT2D eigenvalue weighted by Crippen LogP contribution is -2.50. The van der Waals surface area contributed by atoms with Crippen molar-refractivity contribution in [3.63, 3.8) is 0 Å². The summed E-state index contributed by atoms with van der Waals surface area (Å²) in [6.45, 7) is 6.23. The van der Waals surface area contributed by atoms with Crippen LogP contribution in [-0.2, 0) is 27.6 Å². The molecule has 7 heteroatoms. The van der Waals surface area contributed by atoms with Crippen LogP contribution in [0.1, 0.15) is 76.6 Å². The number of nitrogens with one attached hydrogen (secondary N) is 1. The number of fused-ring (bicyclic) bond motifs is 1. The van der Waals surface area contributed by atoms with E-state index in [1.54, 1.807) is 6.92 Å². The van der Waals surface area contributed by atoms with Crippen molar-refractivity contribution < 1.29 is 13.2 Å². The Balaban J connectivity index is 1.83. The van der Waals surface area contributed by atoms with Gasteiger partial charge in [-0.3, -0.25) is 4.79 Å². The van der Waals surface area contributed by atoms with Gasteiger partial charge in [0.15, 0.2) is 0 Å². The van der Waals surface area contributed by atoms with Crippen molar-refractivity contribution in [1.82, 2.24) is 9.29 Å². The van der Waals surface area contributed by atoms with E-state index in [4.69, 9.17) is 4.74 Å². The Morgan fingerprint density at radius 1 is 1.10 bits per heavy atom. The summed E-state index contributed by atoms with van der Waals surface area (Å²) in [5, 5.41) is 0. The van der Waals surface area contributed by atoms with Crippen molar-refractivity contribution in [1.29, 1.82) is 0 Å². The summed E-state index contributed by atoms with van der Waals surface area (Å²) < 4.78 is 35.5. The highest BCUT2D eigenvalue weighted by atomic mass is 32.2. The Morgan fingerprint density at radius 3 is 2.45 bits per heavy atom. The maximum Gasteiger partial charge on any atom is 0.254 e. The molecular weight excluding hydrogens is 388 g/mol. The Hall–Kier alpha value is -1.18. The summed E-state index contributed by atoms with van der Waals surface area (Å²) >= 11 is 0. The average molecular weight is 425 g/mol. The van der Waals surface area contributed by atoms with Gasteiger partial charge >= 0.3 is 0 Å². The number of hydrogen-bond acceptors (Lipinski definition) is 4. The van der Waals surface area contributed by atoms with E-state index < -0.39 is 10.0 Å². The molecular formula is C22H36N2O4S. The van der Waals surface area contributed by atoms with Crippen LogP contribution in [-0.4, -0.2) is 37.5 Å². The van der Waals surface area contributed by atoms with Crippen molar-refractivity contribution >= 4 is 10.0 Å². The van der Waals surface area contributed by atoms with Gasteiger partial charge in [0.25, 0.3) is 5.56 Å². The predicted octanol–water partition coefficient (Wildman–Crippen LogP) is 3.19. The van der Waals surface area contributed by atoms with Gasteiger partial charge < -0.3 is 9.30 Å². The van der Waals surface area contributed by atoms with Crippen molar-refractivity contribution in [3.8, 4) is 0 Å². The first-order valence-electron chi connectivity index (χ1n) is 11.2. The van der Waals surface area contributed by atoms with Crippen LogP contribution in [0.4, 0.5) is 0 Å². The molecule has 1 N–H and O–H groups in total. The predicted molar refractivity (Wildman–Crippen MR) is 116 cm³/mol. The molecule has 1 aromatic rings. The normalized spacial score (nSPS) is 27.6. The molecule has 0 spiro atoms. The summed E-state index contributed by atoms with van der Waals surface area (Å²) in [5.74, 6) is 0.832. The third kappa shape index (κ3) is 5.30. The summed E-state index contributed by atoms with van der Waals surface area (Å²) in [6.07, 6.45) is 7.94. The van der Waals surface area contributed by atoms with Crippen molar-refractivity contribution in [3.05, 3.63) is 33.7 Å². The van der Waals surface area contributed by atoms with Gasteiger partial charge in [0.2, 0.25) is 10.0 Å². The van der Waals surface area contributed by atoms with E-state index in [1.807, 2.05) is 23.6 Å². The van der Waals surface area contributed by atoms with Crippen LogP contribution in [0.25, 0.3) is 0 Å². The highest BCUT2D eigenvalue weighted by Crippen LogP contribution is 2.30. The minimum absolute atomic E-state index is 0.00584. The molecule has 2 heterocycles. The molecule has 2 aliphatic rings. The average Bonchev–Trinajstić information content (AvgIpc) is 2.73. The fourth-order valence-corrected chi connectivity index (χ4v) is 5.63. The van der Waals surface area contributed by atoms with E-state index in [0.717, 1.165) is 30.0 Å². The summed E-state index contributed by atoms with van der Waals surface area (Å²) in [5.41, 5.74) is 1.73. The van der Waals surface area contributed by atoms with Crippen molar-refractivity contribution in [2.45, 2.75) is 90.3 Å². The molecule has 0 aromatic carbocycles. The molecule has 1 aliphatic carbocycles. The second-order valence-corrected chi connectivity index (χ2v) is 10.5. The van der Waals surface area contributed by atoms with Gasteiger partial charge in [0.1, 0.15) is 0 Å². The monoisotopic (exact) mass is 424 g/mol. The number of ether oxygens (including phenoxy) is 1. The largest absolute Gasteiger partial charge is 0.376 e. The van der Waals surface area contributed by atoms with E-state index in [1.165, 1.54) is 19.3 Å². The molecule has 164 valence electrons. The fourth-order valence-electron chi connectivity index (χ4n) is 4.73. The van der Waals surface area contributed by atoms with Crippen LogP contribution in [0.3, 0.4) is 0 Å². The molecule has 1 aliphatic heterocycles. The van der Waals surface area contributed by atoms with Gasteiger partial charge in [0, 0.05) is 17.3 Å². The van der Waals surface area contributed by atoms with Crippen molar-refractivity contribution in [2.24, 2.45) is 5.92 Å². The van der Waals surface area contributed by atoms with Gasteiger partial charge in [-0.1, -0.05) is 26.3 Å². The number of pyridine rings is 1. The number of rotatable bonds is 8. The second kappa shape index (κ2) is 9.75. The molecule has 0 bridgehead atoms. The highest BCUT2D eigenvalue weighted by molar-refractivity contribution is 7.89. The zero-order valence-corrected chi connectivity index (χ0v) is 18.8. The van der Waals surface area contributed by atoms with Crippen LogP contribution < -0.4 is 10.3 Å². The smallest absolute Gasteiger partial charge is 0.254 e. The lowest BCUT2D eigenvalue weighted by Gasteiger charge is -2.37. The third-order valence-corrected chi connectivity index (χ3v) is 8.18. The van der Waals surface area contributed by atoms with Crippen LogP contribution >= 0.6 is 0 Å². The zero-order chi connectivity index (χ0) is 21.0. The van der Waals surface area contributed by atoms with Gasteiger partial charge in [-0.15, -0.1) is 0 Å². The number of aryl methyl sites for hydroxylation is 2. The maximum absolute atomic E-state index is 13.1. The zero-order valence-electron chi connectivity index (χ0n) is 18.0. The first-order chi connectivity index (χ1) is 13.9. The van der Waals surface area contributed by atoms with E-state index >= 15 is 0 Å². The van der Waals surface area contributed by atoms with Gasteiger partial charge in [-0.25, -0.2) is 13.1 Å². The lowest BCUT2D eigenvalue weighted by atomic mass is 9.86. The minimum Gasteiger partial charge on any atom is -0.376 e. The van der Waals surface area contributed by atoms with Crippen LogP contribution in [0.2, 0.25) is 0 Å². The third-order valence-electron chi connectivity index (χ3n) is 6.75.